The van der Waals surface area contributed by atoms with E-state index in [1.165, 1.54) is 16.7 Å². The molecule has 1 aliphatic rings. The maximum atomic E-state index is 12.3. The summed E-state index contributed by atoms with van der Waals surface area (Å²) in [6.45, 7) is 7.77. The van der Waals surface area contributed by atoms with E-state index in [0.717, 1.165) is 44.2 Å². The Morgan fingerprint density at radius 2 is 1.57 bits per heavy atom. The van der Waals surface area contributed by atoms with Crippen LogP contribution in [0.3, 0.4) is 0 Å². The number of nitrogens with one attached hydrogen (secondary N) is 3. The summed E-state index contributed by atoms with van der Waals surface area (Å²) in [5, 5.41) is 2.92. The highest BCUT2D eigenvalue weighted by molar-refractivity contribution is 5.95. The van der Waals surface area contributed by atoms with Crippen LogP contribution in [0.1, 0.15) is 17.3 Å². The van der Waals surface area contributed by atoms with Gasteiger partial charge in [0.05, 0.1) is 0 Å². The Labute approximate surface area is 166 Å². The Morgan fingerprint density at radius 1 is 0.929 bits per heavy atom. The number of hydrogen-bond donors (Lipinski definition) is 3. The molecule has 0 atom stereocenters. The minimum atomic E-state index is 0.0152. The Hall–Kier alpha value is -2.70. The van der Waals surface area contributed by atoms with Crippen LogP contribution in [0.4, 0.5) is 5.69 Å². The molecule has 2 aromatic rings. The lowest BCUT2D eigenvalue weighted by atomic mass is 10.1. The number of amides is 1. The largest absolute Gasteiger partial charge is 0.488 e. The molecule has 1 aliphatic heterocycles. The van der Waals surface area contributed by atoms with E-state index in [2.05, 4.69) is 5.32 Å². The second-order valence-corrected chi connectivity index (χ2v) is 7.27. The molecule has 2 aromatic carbocycles. The number of Topliss-reactive ketones (excluding diaryl/α,β-unsaturated/α-hetero) is 1. The fourth-order valence-corrected chi connectivity index (χ4v) is 3.43. The van der Waals surface area contributed by atoms with Crippen LogP contribution in [0.5, 0.6) is 5.75 Å². The maximum Gasteiger partial charge on any atom is 0.279 e. The van der Waals surface area contributed by atoms with Crippen LogP contribution in [-0.4, -0.2) is 57.6 Å². The molecule has 1 saturated heterocycles. The lowest BCUT2D eigenvalue weighted by Crippen LogP contribution is -3.28. The van der Waals surface area contributed by atoms with Crippen molar-refractivity contribution in [3.05, 3.63) is 60.2 Å². The van der Waals surface area contributed by atoms with Gasteiger partial charge in [0.1, 0.15) is 45.1 Å². The van der Waals surface area contributed by atoms with Gasteiger partial charge >= 0.3 is 0 Å². The summed E-state index contributed by atoms with van der Waals surface area (Å²) >= 11 is 0. The number of quaternary nitrogens is 2. The summed E-state index contributed by atoms with van der Waals surface area (Å²) in [6, 6.07) is 16.9. The zero-order valence-electron chi connectivity index (χ0n) is 16.4. The van der Waals surface area contributed by atoms with Crippen molar-refractivity contribution in [2.24, 2.45) is 0 Å². The number of carbonyl (C=O) groups excluding carboxylic acids is 2. The Kier molecular flexibility index (Phi) is 7.17. The lowest BCUT2D eigenvalue weighted by molar-refractivity contribution is -1.01. The topological polar surface area (TPSA) is 64.3 Å². The summed E-state index contributed by atoms with van der Waals surface area (Å²) in [5.41, 5.74) is 1.38. The second kappa shape index (κ2) is 10.0. The first kappa shape index (κ1) is 20.0. The van der Waals surface area contributed by atoms with Gasteiger partial charge in [-0.15, -0.1) is 0 Å². The van der Waals surface area contributed by atoms with E-state index in [4.69, 9.17) is 4.74 Å². The van der Waals surface area contributed by atoms with Gasteiger partial charge in [-0.1, -0.05) is 18.2 Å². The molecule has 0 aromatic heterocycles. The number of hydrogen-bond acceptors (Lipinski definition) is 3. The Bertz CT molecular complexity index is 769. The van der Waals surface area contributed by atoms with Gasteiger partial charge in [0.2, 0.25) is 0 Å². The standard InChI is InChI=1S/C22H27N3O3/c1-18(26)19-7-9-20(10-8-19)23-22(27)17-25-13-11-24(12-14-25)15-16-28-21-5-3-2-4-6-21/h2-10H,11-17H2,1H3,(H,23,27)/p+2. The minimum Gasteiger partial charge on any atom is -0.488 e. The third-order valence-electron chi connectivity index (χ3n) is 5.12. The van der Waals surface area contributed by atoms with Crippen molar-refractivity contribution in [2.45, 2.75) is 6.92 Å². The summed E-state index contributed by atoms with van der Waals surface area (Å²) in [7, 11) is 0. The molecular weight excluding hydrogens is 354 g/mol. The van der Waals surface area contributed by atoms with Crippen LogP contribution in [0, 0.1) is 0 Å². The average Bonchev–Trinajstić information content (AvgIpc) is 2.70. The number of benzene rings is 2. The van der Waals surface area contributed by atoms with E-state index in [0.29, 0.717) is 18.7 Å². The first-order chi connectivity index (χ1) is 13.6. The van der Waals surface area contributed by atoms with Gasteiger partial charge in [-0.05, 0) is 43.3 Å². The average molecular weight is 383 g/mol. The number of anilines is 1. The highest BCUT2D eigenvalue weighted by Gasteiger charge is 2.24. The monoisotopic (exact) mass is 383 g/mol. The van der Waals surface area contributed by atoms with E-state index in [1.54, 1.807) is 24.3 Å². The van der Waals surface area contributed by atoms with Crippen LogP contribution < -0.4 is 19.9 Å². The third kappa shape index (κ3) is 6.18. The zero-order chi connectivity index (χ0) is 19.8. The predicted molar refractivity (Wildman–Crippen MR) is 108 cm³/mol. The molecule has 0 spiro atoms. The molecule has 0 aliphatic carbocycles. The van der Waals surface area contributed by atoms with E-state index >= 15 is 0 Å². The second-order valence-electron chi connectivity index (χ2n) is 7.27. The van der Waals surface area contributed by atoms with E-state index < -0.39 is 0 Å². The number of ketones is 1. The first-order valence-electron chi connectivity index (χ1n) is 9.86. The van der Waals surface area contributed by atoms with Gasteiger partial charge in [-0.25, -0.2) is 0 Å². The molecule has 0 radical (unpaired) electrons. The molecule has 28 heavy (non-hydrogen) atoms. The molecule has 1 amide bonds. The maximum absolute atomic E-state index is 12.3. The molecule has 6 heteroatoms. The van der Waals surface area contributed by atoms with Crippen LogP contribution in [-0.2, 0) is 4.79 Å². The fourth-order valence-electron chi connectivity index (χ4n) is 3.43. The lowest BCUT2D eigenvalue weighted by Gasteiger charge is -2.29. The number of ether oxygens (including phenoxy) is 1. The van der Waals surface area contributed by atoms with Gasteiger partial charge < -0.3 is 19.9 Å². The normalized spacial score (nSPS) is 19.0. The van der Waals surface area contributed by atoms with Crippen LogP contribution in [0.25, 0.3) is 0 Å². The summed E-state index contributed by atoms with van der Waals surface area (Å²) in [4.78, 5) is 26.4. The van der Waals surface area contributed by atoms with Crippen molar-refractivity contribution >= 4 is 17.4 Å². The minimum absolute atomic E-state index is 0.0152. The van der Waals surface area contributed by atoms with Crippen molar-refractivity contribution < 1.29 is 24.1 Å². The number of carbonyl (C=O) groups is 2. The van der Waals surface area contributed by atoms with Crippen molar-refractivity contribution in [1.82, 2.24) is 0 Å². The molecule has 0 unspecified atom stereocenters. The molecule has 3 N–H and O–H groups in total. The van der Waals surface area contributed by atoms with Crippen molar-refractivity contribution in [3.63, 3.8) is 0 Å². The van der Waals surface area contributed by atoms with Crippen molar-refractivity contribution in [1.29, 1.82) is 0 Å². The van der Waals surface area contributed by atoms with Gasteiger partial charge in [-0.3, -0.25) is 9.59 Å². The molecule has 1 heterocycles. The highest BCUT2D eigenvalue weighted by atomic mass is 16.5. The van der Waals surface area contributed by atoms with Crippen molar-refractivity contribution in [2.75, 3.05) is 51.2 Å². The zero-order valence-corrected chi connectivity index (χ0v) is 16.4. The molecule has 6 nitrogen and oxygen atoms in total. The first-order valence-corrected chi connectivity index (χ1v) is 9.86. The third-order valence-corrected chi connectivity index (χ3v) is 5.12. The summed E-state index contributed by atoms with van der Waals surface area (Å²) in [5.74, 6) is 0.956. The van der Waals surface area contributed by atoms with Gasteiger partial charge in [0.25, 0.3) is 5.91 Å². The SMILES string of the molecule is CC(=O)c1ccc(NC(=O)C[NH+]2CC[NH+](CCOc3ccccc3)CC2)cc1. The van der Waals surface area contributed by atoms with Gasteiger partial charge in [-0.2, -0.15) is 0 Å². The smallest absolute Gasteiger partial charge is 0.279 e. The van der Waals surface area contributed by atoms with E-state index in [9.17, 15) is 9.59 Å². The van der Waals surface area contributed by atoms with Gasteiger partial charge in [0.15, 0.2) is 12.3 Å². The van der Waals surface area contributed by atoms with Crippen molar-refractivity contribution in [3.8, 4) is 5.75 Å². The molecular formula is C22H29N3O3+2. The number of rotatable bonds is 8. The van der Waals surface area contributed by atoms with Gasteiger partial charge in [0, 0.05) is 11.3 Å². The van der Waals surface area contributed by atoms with Crippen LogP contribution in [0.2, 0.25) is 0 Å². The molecule has 148 valence electrons. The van der Waals surface area contributed by atoms with E-state index in [-0.39, 0.29) is 11.7 Å². The fraction of sp³-hybridized carbons (Fsp3) is 0.364. The Morgan fingerprint density at radius 3 is 2.21 bits per heavy atom. The summed E-state index contributed by atoms with van der Waals surface area (Å²) in [6.07, 6.45) is 0. The quantitative estimate of drug-likeness (QED) is 0.548. The molecule has 0 saturated carbocycles. The number of para-hydroxylation sites is 1. The number of piperazine rings is 1. The predicted octanol–water partition coefficient (Wildman–Crippen LogP) is -0.310. The Balaban J connectivity index is 1.34. The molecule has 3 rings (SSSR count). The van der Waals surface area contributed by atoms with Crippen LogP contribution >= 0.6 is 0 Å². The molecule has 0 bridgehead atoms. The van der Waals surface area contributed by atoms with E-state index in [1.807, 2.05) is 30.3 Å². The highest BCUT2D eigenvalue weighted by Crippen LogP contribution is 2.09. The summed E-state index contributed by atoms with van der Waals surface area (Å²) < 4.78 is 5.78. The van der Waals surface area contributed by atoms with Crippen LogP contribution in [0.15, 0.2) is 54.6 Å². The molecule has 1 fully saturated rings.